The van der Waals surface area contributed by atoms with E-state index in [1.165, 1.54) is 5.70 Å². The molecule has 0 aromatic heterocycles. The molecule has 0 atom stereocenters. The molecule has 1 aliphatic rings. The van der Waals surface area contributed by atoms with E-state index in [2.05, 4.69) is 39.6 Å². The maximum atomic E-state index is 3.93. The summed E-state index contributed by atoms with van der Waals surface area (Å²) in [4.78, 5) is 0. The summed E-state index contributed by atoms with van der Waals surface area (Å²) in [5.41, 5.74) is 1.74. The smallest absolute Gasteiger partial charge is 0.0368 e. The molecule has 0 spiro atoms. The second-order valence-corrected chi connectivity index (χ2v) is 4.41. The van der Waals surface area contributed by atoms with Crippen molar-refractivity contribution < 1.29 is 0 Å². The lowest BCUT2D eigenvalue weighted by molar-refractivity contribution is 0.224. The maximum absolute atomic E-state index is 3.93. The monoisotopic (exact) mass is 139 g/mol. The van der Waals surface area contributed by atoms with Gasteiger partial charge in [0.1, 0.15) is 0 Å². The van der Waals surface area contributed by atoms with Crippen molar-refractivity contribution in [3.8, 4) is 0 Å². The molecule has 1 N–H and O–H groups in total. The van der Waals surface area contributed by atoms with Crippen molar-refractivity contribution in [2.75, 3.05) is 0 Å². The van der Waals surface area contributed by atoms with E-state index in [1.807, 2.05) is 0 Å². The van der Waals surface area contributed by atoms with E-state index in [0.29, 0.717) is 5.41 Å². The second-order valence-electron chi connectivity index (χ2n) is 4.41. The van der Waals surface area contributed by atoms with Crippen LogP contribution in [0.15, 0.2) is 12.3 Å². The maximum Gasteiger partial charge on any atom is 0.0368 e. The van der Waals surface area contributed by atoms with Gasteiger partial charge < -0.3 is 5.32 Å². The van der Waals surface area contributed by atoms with E-state index in [-0.39, 0.29) is 5.54 Å². The van der Waals surface area contributed by atoms with Crippen LogP contribution in [0.1, 0.15) is 34.1 Å². The zero-order valence-electron chi connectivity index (χ0n) is 7.41. The first-order valence-electron chi connectivity index (χ1n) is 3.81. The van der Waals surface area contributed by atoms with Gasteiger partial charge in [0.15, 0.2) is 0 Å². The fourth-order valence-corrected chi connectivity index (χ4v) is 1.41. The standard InChI is InChI=1S/C9H17N/c1-7-6-8(2,3)9(4,5)10-7/h10H,1,6H2,2-5H3. The number of nitrogens with one attached hydrogen (secondary N) is 1. The molecule has 0 bridgehead atoms. The van der Waals surface area contributed by atoms with Crippen molar-refractivity contribution in [1.82, 2.24) is 5.32 Å². The van der Waals surface area contributed by atoms with Crippen LogP contribution in [0.3, 0.4) is 0 Å². The van der Waals surface area contributed by atoms with Crippen molar-refractivity contribution in [3.63, 3.8) is 0 Å². The topological polar surface area (TPSA) is 12.0 Å². The fourth-order valence-electron chi connectivity index (χ4n) is 1.41. The Balaban J connectivity index is 2.88. The van der Waals surface area contributed by atoms with E-state index < -0.39 is 0 Å². The number of hydrogen-bond acceptors (Lipinski definition) is 1. The fraction of sp³-hybridized carbons (Fsp3) is 0.778. The van der Waals surface area contributed by atoms with Crippen LogP contribution in [-0.4, -0.2) is 5.54 Å². The molecule has 1 nitrogen and oxygen atoms in total. The summed E-state index contributed by atoms with van der Waals surface area (Å²) in [6.45, 7) is 12.9. The highest BCUT2D eigenvalue weighted by molar-refractivity contribution is 5.14. The third-order valence-corrected chi connectivity index (χ3v) is 2.84. The lowest BCUT2D eigenvalue weighted by Crippen LogP contribution is -2.42. The Morgan fingerprint density at radius 3 is 1.90 bits per heavy atom. The Morgan fingerprint density at radius 1 is 1.30 bits per heavy atom. The Morgan fingerprint density at radius 2 is 1.80 bits per heavy atom. The van der Waals surface area contributed by atoms with Gasteiger partial charge in [0, 0.05) is 11.2 Å². The summed E-state index contributed by atoms with van der Waals surface area (Å²) in [7, 11) is 0. The van der Waals surface area contributed by atoms with Crippen molar-refractivity contribution in [2.24, 2.45) is 5.41 Å². The molecule has 0 radical (unpaired) electrons. The van der Waals surface area contributed by atoms with Crippen LogP contribution < -0.4 is 5.32 Å². The average molecular weight is 139 g/mol. The van der Waals surface area contributed by atoms with Gasteiger partial charge in [-0.15, -0.1) is 0 Å². The summed E-state index contributed by atoms with van der Waals surface area (Å²) in [6, 6.07) is 0. The van der Waals surface area contributed by atoms with E-state index in [9.17, 15) is 0 Å². The molecule has 58 valence electrons. The third-order valence-electron chi connectivity index (χ3n) is 2.84. The van der Waals surface area contributed by atoms with Crippen LogP contribution in [0.4, 0.5) is 0 Å². The molecule has 1 rings (SSSR count). The highest BCUT2D eigenvalue weighted by Gasteiger charge is 2.42. The molecule has 1 fully saturated rings. The third kappa shape index (κ3) is 0.938. The number of hydrogen-bond donors (Lipinski definition) is 1. The van der Waals surface area contributed by atoms with Gasteiger partial charge in [0.05, 0.1) is 0 Å². The van der Waals surface area contributed by atoms with E-state index in [4.69, 9.17) is 0 Å². The average Bonchev–Trinajstić information content (AvgIpc) is 1.73. The van der Waals surface area contributed by atoms with Gasteiger partial charge in [0.25, 0.3) is 0 Å². The minimum absolute atomic E-state index is 0.212. The van der Waals surface area contributed by atoms with Gasteiger partial charge in [0.2, 0.25) is 0 Å². The van der Waals surface area contributed by atoms with E-state index in [0.717, 1.165) is 6.42 Å². The van der Waals surface area contributed by atoms with Crippen molar-refractivity contribution in [1.29, 1.82) is 0 Å². The summed E-state index contributed by atoms with van der Waals surface area (Å²) >= 11 is 0. The highest BCUT2D eigenvalue weighted by atomic mass is 15.0. The first-order chi connectivity index (χ1) is 4.35. The summed E-state index contributed by atoms with van der Waals surface area (Å²) in [6.07, 6.45) is 1.10. The predicted molar refractivity (Wildman–Crippen MR) is 44.8 cm³/mol. The molecule has 0 amide bonds. The van der Waals surface area contributed by atoms with Crippen LogP contribution in [0.5, 0.6) is 0 Å². The number of rotatable bonds is 0. The Bertz CT molecular complexity index is 148. The van der Waals surface area contributed by atoms with E-state index >= 15 is 0 Å². The van der Waals surface area contributed by atoms with Crippen molar-refractivity contribution in [3.05, 3.63) is 12.3 Å². The summed E-state index contributed by atoms with van der Waals surface area (Å²) < 4.78 is 0. The zero-order valence-corrected chi connectivity index (χ0v) is 7.41. The molecule has 0 unspecified atom stereocenters. The molecule has 10 heavy (non-hydrogen) atoms. The first kappa shape index (κ1) is 7.64. The van der Waals surface area contributed by atoms with Gasteiger partial charge in [-0.1, -0.05) is 20.4 Å². The molecule has 1 heterocycles. The Kier molecular flexibility index (Phi) is 1.36. The minimum Gasteiger partial charge on any atom is -0.383 e. The van der Waals surface area contributed by atoms with Crippen LogP contribution >= 0.6 is 0 Å². The van der Waals surface area contributed by atoms with Gasteiger partial charge in [-0.3, -0.25) is 0 Å². The quantitative estimate of drug-likeness (QED) is 0.543. The van der Waals surface area contributed by atoms with Gasteiger partial charge >= 0.3 is 0 Å². The lowest BCUT2D eigenvalue weighted by Gasteiger charge is -2.33. The molecule has 0 aliphatic carbocycles. The largest absolute Gasteiger partial charge is 0.383 e. The molecule has 0 saturated carbocycles. The first-order valence-corrected chi connectivity index (χ1v) is 3.81. The van der Waals surface area contributed by atoms with Crippen molar-refractivity contribution >= 4 is 0 Å². The Hall–Kier alpha value is -0.460. The summed E-state index contributed by atoms with van der Waals surface area (Å²) in [5.74, 6) is 0. The lowest BCUT2D eigenvalue weighted by atomic mass is 9.76. The highest BCUT2D eigenvalue weighted by Crippen LogP contribution is 2.41. The van der Waals surface area contributed by atoms with Crippen LogP contribution in [-0.2, 0) is 0 Å². The second kappa shape index (κ2) is 1.77. The molecule has 1 saturated heterocycles. The molecule has 0 aromatic rings. The normalized spacial score (nSPS) is 28.2. The van der Waals surface area contributed by atoms with Gasteiger partial charge in [-0.2, -0.15) is 0 Å². The zero-order chi connectivity index (χ0) is 7.99. The minimum atomic E-state index is 0.212. The predicted octanol–water partition coefficient (Wildman–Crippen LogP) is 2.30. The molecule has 1 aliphatic heterocycles. The SMILES string of the molecule is C=C1CC(C)(C)C(C)(C)N1. The van der Waals surface area contributed by atoms with Crippen LogP contribution in [0.2, 0.25) is 0 Å². The number of allylic oxidation sites excluding steroid dienone is 1. The van der Waals surface area contributed by atoms with Gasteiger partial charge in [-0.05, 0) is 25.7 Å². The summed E-state index contributed by atoms with van der Waals surface area (Å²) in [5, 5.41) is 3.39. The van der Waals surface area contributed by atoms with Crippen LogP contribution in [0, 0.1) is 5.41 Å². The molecule has 0 aromatic carbocycles. The molecular formula is C9H17N. The Labute approximate surface area is 63.5 Å². The van der Waals surface area contributed by atoms with Crippen molar-refractivity contribution in [2.45, 2.75) is 39.7 Å². The van der Waals surface area contributed by atoms with Crippen LogP contribution in [0.25, 0.3) is 0 Å². The molecular weight excluding hydrogens is 122 g/mol. The van der Waals surface area contributed by atoms with Gasteiger partial charge in [-0.25, -0.2) is 0 Å². The molecule has 1 heteroatoms. The van der Waals surface area contributed by atoms with E-state index in [1.54, 1.807) is 0 Å².